The zero-order valence-electron chi connectivity index (χ0n) is 9.36. The standard InChI is InChI=1S/C12H16N2O/c1-12(2,8-15)10-6-4-5-9-7-13-14(3)11(9)10/h4-7,15H,8H2,1-3H3. The topological polar surface area (TPSA) is 38.0 Å². The number of aliphatic hydroxyl groups is 1. The fraction of sp³-hybridized carbons (Fsp3) is 0.417. The summed E-state index contributed by atoms with van der Waals surface area (Å²) >= 11 is 0. The maximum Gasteiger partial charge on any atom is 0.0717 e. The highest BCUT2D eigenvalue weighted by Crippen LogP contribution is 2.29. The average molecular weight is 204 g/mol. The van der Waals surface area contributed by atoms with Crippen molar-refractivity contribution in [2.24, 2.45) is 7.05 Å². The number of hydrogen-bond donors (Lipinski definition) is 1. The molecule has 0 amide bonds. The lowest BCUT2D eigenvalue weighted by Gasteiger charge is -2.23. The Morgan fingerprint density at radius 2 is 2.13 bits per heavy atom. The van der Waals surface area contributed by atoms with Crippen LogP contribution in [0.2, 0.25) is 0 Å². The maximum atomic E-state index is 9.41. The van der Waals surface area contributed by atoms with E-state index in [0.717, 1.165) is 16.5 Å². The first-order valence-corrected chi connectivity index (χ1v) is 5.08. The van der Waals surface area contributed by atoms with Crippen molar-refractivity contribution in [2.45, 2.75) is 19.3 Å². The number of nitrogens with zero attached hydrogens (tertiary/aromatic N) is 2. The highest BCUT2D eigenvalue weighted by Gasteiger charge is 2.23. The lowest BCUT2D eigenvalue weighted by atomic mass is 9.84. The van der Waals surface area contributed by atoms with Crippen molar-refractivity contribution in [2.75, 3.05) is 6.61 Å². The molecule has 1 N–H and O–H groups in total. The number of rotatable bonds is 2. The number of fused-ring (bicyclic) bond motifs is 1. The Balaban J connectivity index is 2.75. The van der Waals surface area contributed by atoms with Gasteiger partial charge in [-0.15, -0.1) is 0 Å². The van der Waals surface area contributed by atoms with Crippen molar-refractivity contribution in [1.29, 1.82) is 0 Å². The Morgan fingerprint density at radius 1 is 1.40 bits per heavy atom. The van der Waals surface area contributed by atoms with E-state index in [-0.39, 0.29) is 12.0 Å². The predicted octanol–water partition coefficient (Wildman–Crippen LogP) is 1.84. The molecule has 0 aliphatic rings. The Labute approximate surface area is 89.3 Å². The minimum absolute atomic E-state index is 0.136. The SMILES string of the molecule is Cn1ncc2cccc(C(C)(C)CO)c21. The number of hydrogen-bond acceptors (Lipinski definition) is 2. The van der Waals surface area contributed by atoms with Gasteiger partial charge in [0.2, 0.25) is 0 Å². The van der Waals surface area contributed by atoms with Gasteiger partial charge in [0.15, 0.2) is 0 Å². The van der Waals surface area contributed by atoms with Crippen LogP contribution in [0.3, 0.4) is 0 Å². The van der Waals surface area contributed by atoms with E-state index < -0.39 is 0 Å². The van der Waals surface area contributed by atoms with Crippen molar-refractivity contribution >= 4 is 10.9 Å². The molecule has 0 saturated carbocycles. The zero-order chi connectivity index (χ0) is 11.1. The van der Waals surface area contributed by atoms with Crippen LogP contribution in [0.25, 0.3) is 10.9 Å². The minimum atomic E-state index is -0.229. The quantitative estimate of drug-likeness (QED) is 0.810. The summed E-state index contributed by atoms with van der Waals surface area (Å²) in [6.45, 7) is 4.21. The van der Waals surface area contributed by atoms with Crippen LogP contribution in [0.15, 0.2) is 24.4 Å². The van der Waals surface area contributed by atoms with Gasteiger partial charge in [-0.3, -0.25) is 4.68 Å². The van der Waals surface area contributed by atoms with E-state index in [1.807, 2.05) is 43.9 Å². The molecule has 0 bridgehead atoms. The van der Waals surface area contributed by atoms with Gasteiger partial charge in [0.05, 0.1) is 18.3 Å². The normalized spacial score (nSPS) is 12.3. The predicted molar refractivity (Wildman–Crippen MR) is 60.8 cm³/mol. The molecule has 0 unspecified atom stereocenters. The molecule has 1 aromatic heterocycles. The third-order valence-corrected chi connectivity index (χ3v) is 2.89. The van der Waals surface area contributed by atoms with Crippen molar-refractivity contribution in [3.63, 3.8) is 0 Å². The molecular formula is C12H16N2O. The fourth-order valence-corrected chi connectivity index (χ4v) is 1.86. The molecule has 0 spiro atoms. The van der Waals surface area contributed by atoms with Crippen LogP contribution in [0.4, 0.5) is 0 Å². The molecule has 2 aromatic rings. The minimum Gasteiger partial charge on any atom is -0.395 e. The van der Waals surface area contributed by atoms with E-state index in [9.17, 15) is 5.11 Å². The van der Waals surface area contributed by atoms with E-state index in [4.69, 9.17) is 0 Å². The largest absolute Gasteiger partial charge is 0.395 e. The van der Waals surface area contributed by atoms with Gasteiger partial charge in [-0.05, 0) is 5.56 Å². The first kappa shape index (κ1) is 10.2. The molecule has 2 rings (SSSR count). The van der Waals surface area contributed by atoms with Gasteiger partial charge in [-0.2, -0.15) is 5.10 Å². The summed E-state index contributed by atoms with van der Waals surface area (Å²) in [5, 5.41) is 14.8. The number of para-hydroxylation sites is 1. The summed E-state index contributed by atoms with van der Waals surface area (Å²) in [5.74, 6) is 0. The van der Waals surface area contributed by atoms with Gasteiger partial charge in [-0.1, -0.05) is 32.0 Å². The molecule has 1 aromatic carbocycles. The van der Waals surface area contributed by atoms with Crippen molar-refractivity contribution in [1.82, 2.24) is 9.78 Å². The Morgan fingerprint density at radius 3 is 2.80 bits per heavy atom. The second kappa shape index (κ2) is 3.35. The molecule has 0 saturated heterocycles. The Hall–Kier alpha value is -1.35. The lowest BCUT2D eigenvalue weighted by molar-refractivity contribution is 0.219. The monoisotopic (exact) mass is 204 g/mol. The summed E-state index contributed by atoms with van der Waals surface area (Å²) in [4.78, 5) is 0. The van der Waals surface area contributed by atoms with Gasteiger partial charge in [0, 0.05) is 17.8 Å². The van der Waals surface area contributed by atoms with E-state index in [1.54, 1.807) is 0 Å². The van der Waals surface area contributed by atoms with Crippen LogP contribution in [0.1, 0.15) is 19.4 Å². The van der Waals surface area contributed by atoms with E-state index >= 15 is 0 Å². The maximum absolute atomic E-state index is 9.41. The number of aryl methyl sites for hydroxylation is 1. The Kier molecular flexibility index (Phi) is 2.27. The number of aromatic nitrogens is 2. The van der Waals surface area contributed by atoms with Crippen LogP contribution in [0, 0.1) is 0 Å². The van der Waals surface area contributed by atoms with Crippen LogP contribution in [0.5, 0.6) is 0 Å². The summed E-state index contributed by atoms with van der Waals surface area (Å²) in [5.41, 5.74) is 2.02. The molecule has 1 heterocycles. The fourth-order valence-electron chi connectivity index (χ4n) is 1.86. The lowest BCUT2D eigenvalue weighted by Crippen LogP contribution is -2.23. The van der Waals surface area contributed by atoms with E-state index in [0.29, 0.717) is 0 Å². The first-order chi connectivity index (χ1) is 7.06. The molecule has 15 heavy (non-hydrogen) atoms. The molecule has 3 heteroatoms. The van der Waals surface area contributed by atoms with Crippen LogP contribution >= 0.6 is 0 Å². The molecule has 0 radical (unpaired) electrons. The Bertz CT molecular complexity index is 485. The molecule has 80 valence electrons. The van der Waals surface area contributed by atoms with Crippen molar-refractivity contribution < 1.29 is 5.11 Å². The summed E-state index contributed by atoms with van der Waals surface area (Å²) in [6, 6.07) is 6.11. The second-order valence-electron chi connectivity index (χ2n) is 4.55. The van der Waals surface area contributed by atoms with Gasteiger partial charge in [-0.25, -0.2) is 0 Å². The first-order valence-electron chi connectivity index (χ1n) is 5.08. The number of aliphatic hydroxyl groups excluding tert-OH is 1. The molecule has 0 fully saturated rings. The highest BCUT2D eigenvalue weighted by molar-refractivity contribution is 5.82. The summed E-state index contributed by atoms with van der Waals surface area (Å²) in [7, 11) is 1.93. The van der Waals surface area contributed by atoms with Crippen LogP contribution in [-0.4, -0.2) is 21.5 Å². The second-order valence-corrected chi connectivity index (χ2v) is 4.55. The van der Waals surface area contributed by atoms with Crippen molar-refractivity contribution in [3.05, 3.63) is 30.0 Å². The van der Waals surface area contributed by atoms with Gasteiger partial charge in [0.25, 0.3) is 0 Å². The highest BCUT2D eigenvalue weighted by atomic mass is 16.3. The number of benzene rings is 1. The van der Waals surface area contributed by atoms with Crippen LogP contribution < -0.4 is 0 Å². The van der Waals surface area contributed by atoms with Gasteiger partial charge in [0.1, 0.15) is 0 Å². The van der Waals surface area contributed by atoms with Gasteiger partial charge < -0.3 is 5.11 Å². The van der Waals surface area contributed by atoms with E-state index in [1.165, 1.54) is 0 Å². The van der Waals surface area contributed by atoms with Crippen molar-refractivity contribution in [3.8, 4) is 0 Å². The summed E-state index contributed by atoms with van der Waals surface area (Å²) in [6.07, 6.45) is 1.85. The average Bonchev–Trinajstić information content (AvgIpc) is 2.60. The third-order valence-electron chi connectivity index (χ3n) is 2.89. The zero-order valence-corrected chi connectivity index (χ0v) is 9.36. The molecule has 0 aliphatic carbocycles. The molecule has 0 atom stereocenters. The van der Waals surface area contributed by atoms with Crippen LogP contribution in [-0.2, 0) is 12.5 Å². The van der Waals surface area contributed by atoms with E-state index in [2.05, 4.69) is 11.2 Å². The molecule has 0 aliphatic heterocycles. The third kappa shape index (κ3) is 1.53. The smallest absolute Gasteiger partial charge is 0.0717 e. The van der Waals surface area contributed by atoms with Gasteiger partial charge >= 0.3 is 0 Å². The molecular weight excluding hydrogens is 188 g/mol. The summed E-state index contributed by atoms with van der Waals surface area (Å²) < 4.78 is 1.86. The molecule has 3 nitrogen and oxygen atoms in total.